The fourth-order valence-electron chi connectivity index (χ4n) is 4.40. The molecule has 0 atom stereocenters. The summed E-state index contributed by atoms with van der Waals surface area (Å²) in [7, 11) is 0. The maximum Gasteiger partial charge on any atom is 0.256 e. The lowest BCUT2D eigenvalue weighted by molar-refractivity contribution is -0.117. The Labute approximate surface area is 157 Å². The minimum atomic E-state index is -0.0698. The van der Waals surface area contributed by atoms with Crippen LogP contribution in [0, 0.1) is 0 Å². The van der Waals surface area contributed by atoms with Crippen molar-refractivity contribution in [3.63, 3.8) is 0 Å². The van der Waals surface area contributed by atoms with Crippen LogP contribution in [-0.4, -0.2) is 23.9 Å². The van der Waals surface area contributed by atoms with Crippen molar-refractivity contribution in [2.45, 2.75) is 51.9 Å². The van der Waals surface area contributed by atoms with Gasteiger partial charge in [0.1, 0.15) is 5.82 Å². The number of piperidine rings is 1. The predicted molar refractivity (Wildman–Crippen MR) is 108 cm³/mol. The second kappa shape index (κ2) is 7.53. The van der Waals surface area contributed by atoms with Gasteiger partial charge in [-0.25, -0.2) is 0 Å². The van der Waals surface area contributed by atoms with Crippen molar-refractivity contribution in [1.82, 2.24) is 10.2 Å². The number of likely N-dealkylation sites (tertiary alicyclic amines) is 1. The summed E-state index contributed by atoms with van der Waals surface area (Å²) in [4.78, 5) is 14.8. The quantitative estimate of drug-likeness (QED) is 0.642. The van der Waals surface area contributed by atoms with Crippen LogP contribution >= 0.6 is 0 Å². The molecule has 0 radical (unpaired) electrons. The van der Waals surface area contributed by atoms with Crippen molar-refractivity contribution >= 4 is 5.91 Å². The number of amides is 1. The number of fused-ring (bicyclic) bond motifs is 2. The molecule has 3 nitrogen and oxygen atoms in total. The largest absolute Gasteiger partial charge is 0.359 e. The average molecular weight is 351 g/mol. The van der Waals surface area contributed by atoms with Crippen molar-refractivity contribution in [2.24, 2.45) is 0 Å². The minimum absolute atomic E-state index is 0.0698. The topological polar surface area (TPSA) is 32.3 Å². The summed E-state index contributed by atoms with van der Waals surface area (Å²) in [5.74, 6) is 0.652. The maximum absolute atomic E-state index is 12.5. The van der Waals surface area contributed by atoms with E-state index in [1.165, 1.54) is 18.4 Å². The second-order valence-corrected chi connectivity index (χ2v) is 7.74. The minimum Gasteiger partial charge on any atom is -0.359 e. The molecule has 1 heterocycles. The number of carbonyl (C=O) groups is 1. The van der Waals surface area contributed by atoms with Crippen LogP contribution in [0.25, 0.3) is 0 Å². The van der Waals surface area contributed by atoms with Gasteiger partial charge in [-0.05, 0) is 63.0 Å². The van der Waals surface area contributed by atoms with Crippen LogP contribution in [0.2, 0.25) is 0 Å². The first-order valence-electron chi connectivity index (χ1n) is 9.60. The Kier molecular flexibility index (Phi) is 5.36. The number of nitrogens with one attached hydrogen (secondary N) is 1. The molecule has 1 N–H and O–H groups in total. The third kappa shape index (κ3) is 3.48. The van der Waals surface area contributed by atoms with Gasteiger partial charge in [0.05, 0.1) is 0 Å². The molecule has 1 spiro atoms. The molecule has 1 aromatic carbocycles. The standard InChI is InChI=1S/C23H30N2O/c1-5-8-20(17(2)3)22(26)24-18(4)25-15-13-23(14-16-25)12-11-19-9-6-7-10-21(19)23/h5-10H,4,11-16H2,1-3H3,(H,24,26)/b8-5-. The summed E-state index contributed by atoms with van der Waals surface area (Å²) in [6.07, 6.45) is 8.46. The van der Waals surface area contributed by atoms with E-state index in [-0.39, 0.29) is 5.91 Å². The van der Waals surface area contributed by atoms with Gasteiger partial charge in [0, 0.05) is 18.7 Å². The van der Waals surface area contributed by atoms with Crippen LogP contribution in [0.3, 0.4) is 0 Å². The number of carbonyl (C=O) groups excluding carboxylic acids is 1. The number of hydrogen-bond donors (Lipinski definition) is 1. The highest BCUT2D eigenvalue weighted by Gasteiger charge is 2.41. The molecule has 0 saturated carbocycles. The van der Waals surface area contributed by atoms with Gasteiger partial charge in [-0.2, -0.15) is 0 Å². The molecular weight excluding hydrogens is 320 g/mol. The summed E-state index contributed by atoms with van der Waals surface area (Å²) in [6, 6.07) is 8.90. The Morgan fingerprint density at radius 3 is 2.54 bits per heavy atom. The van der Waals surface area contributed by atoms with E-state index in [1.807, 2.05) is 32.9 Å². The first-order chi connectivity index (χ1) is 12.5. The SMILES string of the molecule is C=C(NC(=O)C(/C=C\C)=C(C)C)N1CCC2(CCc3ccccc32)CC1. The molecule has 0 aromatic heterocycles. The normalized spacial score (nSPS) is 18.0. The maximum atomic E-state index is 12.5. The zero-order chi connectivity index (χ0) is 18.7. The molecule has 0 bridgehead atoms. The first-order valence-corrected chi connectivity index (χ1v) is 9.60. The van der Waals surface area contributed by atoms with Crippen molar-refractivity contribution < 1.29 is 4.79 Å². The summed E-state index contributed by atoms with van der Waals surface area (Å²) in [5, 5.41) is 3.00. The van der Waals surface area contributed by atoms with E-state index >= 15 is 0 Å². The molecular formula is C23H30N2O. The van der Waals surface area contributed by atoms with Crippen LogP contribution in [0.4, 0.5) is 0 Å². The second-order valence-electron chi connectivity index (χ2n) is 7.74. The van der Waals surface area contributed by atoms with Gasteiger partial charge in [-0.3, -0.25) is 4.79 Å². The van der Waals surface area contributed by atoms with E-state index in [4.69, 9.17) is 0 Å². The van der Waals surface area contributed by atoms with Gasteiger partial charge in [-0.15, -0.1) is 0 Å². The fourth-order valence-corrected chi connectivity index (χ4v) is 4.40. The molecule has 1 saturated heterocycles. The van der Waals surface area contributed by atoms with Gasteiger partial charge in [0.15, 0.2) is 0 Å². The van der Waals surface area contributed by atoms with E-state index in [0.29, 0.717) is 11.0 Å². The van der Waals surface area contributed by atoms with Gasteiger partial charge in [0.25, 0.3) is 5.91 Å². The Morgan fingerprint density at radius 2 is 1.88 bits per heavy atom. The number of hydrogen-bond acceptors (Lipinski definition) is 2. The molecule has 1 aromatic rings. The molecule has 26 heavy (non-hydrogen) atoms. The number of benzene rings is 1. The van der Waals surface area contributed by atoms with E-state index in [9.17, 15) is 4.79 Å². The highest BCUT2D eigenvalue weighted by atomic mass is 16.1. The first kappa shape index (κ1) is 18.5. The van der Waals surface area contributed by atoms with Gasteiger partial charge in [-0.1, -0.05) is 48.6 Å². The van der Waals surface area contributed by atoms with Crippen LogP contribution in [0.5, 0.6) is 0 Å². The molecule has 1 aliphatic heterocycles. The number of allylic oxidation sites excluding steroid dienone is 2. The van der Waals surface area contributed by atoms with Crippen molar-refractivity contribution in [1.29, 1.82) is 0 Å². The van der Waals surface area contributed by atoms with Crippen LogP contribution in [0.15, 0.2) is 60.0 Å². The van der Waals surface area contributed by atoms with E-state index in [2.05, 4.69) is 41.1 Å². The Morgan fingerprint density at radius 1 is 1.19 bits per heavy atom. The smallest absolute Gasteiger partial charge is 0.256 e. The van der Waals surface area contributed by atoms with Gasteiger partial charge in [0.2, 0.25) is 0 Å². The van der Waals surface area contributed by atoms with Crippen LogP contribution in [0.1, 0.15) is 51.2 Å². The van der Waals surface area contributed by atoms with E-state index in [0.717, 1.165) is 37.3 Å². The summed E-state index contributed by atoms with van der Waals surface area (Å²) >= 11 is 0. The number of nitrogens with zero attached hydrogens (tertiary/aromatic N) is 1. The van der Waals surface area contributed by atoms with Crippen molar-refractivity contribution in [3.8, 4) is 0 Å². The molecule has 2 aliphatic rings. The number of rotatable bonds is 4. The molecule has 1 amide bonds. The van der Waals surface area contributed by atoms with Crippen molar-refractivity contribution in [2.75, 3.05) is 13.1 Å². The van der Waals surface area contributed by atoms with Gasteiger partial charge < -0.3 is 10.2 Å². The van der Waals surface area contributed by atoms with E-state index in [1.54, 1.807) is 5.56 Å². The average Bonchev–Trinajstić information content (AvgIpc) is 2.98. The molecule has 138 valence electrons. The number of aryl methyl sites for hydroxylation is 1. The highest BCUT2D eigenvalue weighted by Crippen LogP contribution is 2.46. The third-order valence-electron chi connectivity index (χ3n) is 5.94. The molecule has 3 heteroatoms. The zero-order valence-electron chi connectivity index (χ0n) is 16.3. The van der Waals surface area contributed by atoms with Crippen LogP contribution in [-0.2, 0) is 16.6 Å². The highest BCUT2D eigenvalue weighted by molar-refractivity contribution is 5.97. The van der Waals surface area contributed by atoms with Crippen LogP contribution < -0.4 is 5.32 Å². The Balaban J connectivity index is 1.63. The Hall–Kier alpha value is -2.29. The Bertz CT molecular complexity index is 760. The summed E-state index contributed by atoms with van der Waals surface area (Å²) in [5.41, 5.74) is 5.12. The molecule has 0 unspecified atom stereocenters. The van der Waals surface area contributed by atoms with E-state index < -0.39 is 0 Å². The third-order valence-corrected chi connectivity index (χ3v) is 5.94. The predicted octanol–water partition coefficient (Wildman–Crippen LogP) is 4.47. The summed E-state index contributed by atoms with van der Waals surface area (Å²) in [6.45, 7) is 11.9. The lowest BCUT2D eigenvalue weighted by Crippen LogP contribution is -2.44. The van der Waals surface area contributed by atoms with Gasteiger partial charge >= 0.3 is 0 Å². The monoisotopic (exact) mass is 350 g/mol. The lowest BCUT2D eigenvalue weighted by atomic mass is 9.74. The lowest BCUT2D eigenvalue weighted by Gasteiger charge is -2.41. The zero-order valence-corrected chi connectivity index (χ0v) is 16.3. The molecule has 3 rings (SSSR count). The fraction of sp³-hybridized carbons (Fsp3) is 0.435. The molecule has 1 aliphatic carbocycles. The molecule has 1 fully saturated rings. The van der Waals surface area contributed by atoms with Crippen molar-refractivity contribution in [3.05, 3.63) is 71.1 Å². The summed E-state index contributed by atoms with van der Waals surface area (Å²) < 4.78 is 0.